The molecule has 2 bridgehead atoms. The first-order valence-electron chi connectivity index (χ1n) is 24.7. The Bertz CT molecular complexity index is 2790. The van der Waals surface area contributed by atoms with E-state index in [-0.39, 0.29) is 60.1 Å². The molecule has 364 valence electrons. The first-order chi connectivity index (χ1) is 34.1. The van der Waals surface area contributed by atoms with Gasteiger partial charge in [0.2, 0.25) is 17.4 Å². The van der Waals surface area contributed by atoms with E-state index in [1.807, 2.05) is 119 Å². The van der Waals surface area contributed by atoms with Crippen molar-refractivity contribution in [3.05, 3.63) is 177 Å². The first kappa shape index (κ1) is 48.2. The van der Waals surface area contributed by atoms with E-state index < -0.39 is 11.5 Å². The van der Waals surface area contributed by atoms with Crippen molar-refractivity contribution in [3.63, 3.8) is 0 Å². The van der Waals surface area contributed by atoms with Crippen molar-refractivity contribution in [1.82, 2.24) is 25.0 Å². The van der Waals surface area contributed by atoms with Crippen molar-refractivity contribution < 1.29 is 34.1 Å². The molecule has 0 aliphatic carbocycles. The molecular formula is C57H63N5O8. The maximum Gasteiger partial charge on any atom is 0.317 e. The summed E-state index contributed by atoms with van der Waals surface area (Å²) in [6.45, 7) is 5.86. The molecule has 4 N–H and O–H groups in total. The summed E-state index contributed by atoms with van der Waals surface area (Å²) in [6, 6.07) is 41.4. The summed E-state index contributed by atoms with van der Waals surface area (Å²) < 4.78 is 12.5. The molecule has 5 heterocycles. The van der Waals surface area contributed by atoms with Gasteiger partial charge in [-0.05, 0) is 115 Å². The van der Waals surface area contributed by atoms with Crippen molar-refractivity contribution in [2.75, 3.05) is 52.4 Å². The highest BCUT2D eigenvalue weighted by molar-refractivity contribution is 5.87. The number of aliphatic hydroxyl groups excluding tert-OH is 1. The van der Waals surface area contributed by atoms with Crippen LogP contribution in [0.1, 0.15) is 71.6 Å². The van der Waals surface area contributed by atoms with Gasteiger partial charge in [-0.1, -0.05) is 103 Å². The predicted molar refractivity (Wildman–Crippen MR) is 268 cm³/mol. The predicted octanol–water partition coefficient (Wildman–Crippen LogP) is 6.84. The maximum absolute atomic E-state index is 14.2. The number of nitrogens with one attached hydrogen (secondary N) is 2. The van der Waals surface area contributed by atoms with Crippen molar-refractivity contribution in [3.8, 4) is 11.5 Å². The van der Waals surface area contributed by atoms with Crippen LogP contribution in [-0.2, 0) is 50.5 Å². The standard InChI is InChI=1S/C57H63N5O8/c63-49-21-19-47(48-20-22-52(65)59-55(48)49)50(64)36-58-27-8-28-62(37-43-11-7-14-46(33-43)69-39-42-9-3-1-4-10-42)54(67)35-41-17-15-40(16-18-41)34-53(66)61-31-25-57(26-32-61,45-12-5-2-6-13-45)56(68)70-51-38-60-29-23-44(51)24-30-60/h1-7,9-22,33,44,50-51,58,63-64H,8,23-32,34-39H2,(H,59,65)/t50-,51-/m0/s1. The summed E-state index contributed by atoms with van der Waals surface area (Å²) in [7, 11) is 0. The monoisotopic (exact) mass is 945 g/mol. The van der Waals surface area contributed by atoms with Crippen LogP contribution >= 0.6 is 0 Å². The topological polar surface area (TPSA) is 165 Å². The second-order valence-electron chi connectivity index (χ2n) is 19.2. The van der Waals surface area contributed by atoms with Gasteiger partial charge in [-0.15, -0.1) is 0 Å². The van der Waals surface area contributed by atoms with Crippen molar-refractivity contribution in [1.29, 1.82) is 0 Å². The first-order valence-corrected chi connectivity index (χ1v) is 24.7. The third kappa shape index (κ3) is 11.6. The second-order valence-corrected chi connectivity index (χ2v) is 19.2. The fourth-order valence-electron chi connectivity index (χ4n) is 10.4. The molecule has 0 radical (unpaired) electrons. The molecule has 2 atom stereocenters. The number of carbonyl (C=O) groups excluding carboxylic acids is 3. The minimum atomic E-state index is -0.905. The number of aromatic nitrogens is 1. The van der Waals surface area contributed by atoms with Gasteiger partial charge in [0.15, 0.2) is 0 Å². The van der Waals surface area contributed by atoms with Crippen LogP contribution in [-0.4, -0.2) is 106 Å². The summed E-state index contributed by atoms with van der Waals surface area (Å²) in [6.07, 6.45) is 3.16. The summed E-state index contributed by atoms with van der Waals surface area (Å²) in [5.41, 5.74) is 4.34. The van der Waals surface area contributed by atoms with Gasteiger partial charge in [0.1, 0.15) is 24.2 Å². The molecule has 13 nitrogen and oxygen atoms in total. The molecule has 4 saturated heterocycles. The lowest BCUT2D eigenvalue weighted by Gasteiger charge is -2.46. The number of carbonyl (C=O) groups is 3. The van der Waals surface area contributed by atoms with Gasteiger partial charge in [0, 0.05) is 50.7 Å². The molecule has 0 saturated carbocycles. The fourth-order valence-corrected chi connectivity index (χ4v) is 10.4. The minimum absolute atomic E-state index is 0.00582. The number of hydrogen-bond donors (Lipinski definition) is 4. The largest absolute Gasteiger partial charge is 0.506 e. The number of hydrogen-bond acceptors (Lipinski definition) is 10. The van der Waals surface area contributed by atoms with E-state index in [9.17, 15) is 29.4 Å². The highest BCUT2D eigenvalue weighted by atomic mass is 16.5. The Labute approximate surface area is 409 Å². The highest BCUT2D eigenvalue weighted by Crippen LogP contribution is 2.39. The zero-order valence-electron chi connectivity index (χ0n) is 39.6. The van der Waals surface area contributed by atoms with E-state index in [0.717, 1.165) is 60.3 Å². The van der Waals surface area contributed by atoms with Crippen molar-refractivity contribution in [2.45, 2.75) is 75.7 Å². The van der Waals surface area contributed by atoms with E-state index in [0.29, 0.717) is 81.2 Å². The molecule has 1 aromatic heterocycles. The molecule has 0 unspecified atom stereocenters. The summed E-state index contributed by atoms with van der Waals surface area (Å²) >= 11 is 0. The van der Waals surface area contributed by atoms with E-state index in [2.05, 4.69) is 15.2 Å². The number of piperidine rings is 4. The molecule has 5 aromatic carbocycles. The summed E-state index contributed by atoms with van der Waals surface area (Å²) in [5.74, 6) is 0.850. The van der Waals surface area contributed by atoms with Gasteiger partial charge < -0.3 is 39.8 Å². The van der Waals surface area contributed by atoms with Crippen molar-refractivity contribution in [2.24, 2.45) is 5.92 Å². The molecule has 2 amide bonds. The van der Waals surface area contributed by atoms with Crippen LogP contribution in [0.15, 0.2) is 138 Å². The lowest BCUT2D eigenvalue weighted by atomic mass is 9.72. The lowest BCUT2D eigenvalue weighted by Crippen LogP contribution is -2.55. The Morgan fingerprint density at radius 1 is 0.786 bits per heavy atom. The molecule has 0 spiro atoms. The lowest BCUT2D eigenvalue weighted by molar-refractivity contribution is -0.168. The number of benzene rings is 5. The summed E-state index contributed by atoms with van der Waals surface area (Å²) in [4.78, 5) is 62.7. The molecule has 4 aliphatic rings. The number of ether oxygens (including phenoxy) is 2. The van der Waals surface area contributed by atoms with Crippen molar-refractivity contribution >= 4 is 28.7 Å². The van der Waals surface area contributed by atoms with Crippen LogP contribution in [0, 0.1) is 5.92 Å². The fraction of sp³-hybridized carbons (Fsp3) is 0.368. The summed E-state index contributed by atoms with van der Waals surface area (Å²) in [5, 5.41) is 25.3. The average Bonchev–Trinajstić information content (AvgIpc) is 3.39. The average molecular weight is 946 g/mol. The number of likely N-dealkylation sites (tertiary alicyclic amines) is 1. The van der Waals surface area contributed by atoms with Crippen LogP contribution in [0.5, 0.6) is 11.5 Å². The maximum atomic E-state index is 14.2. The van der Waals surface area contributed by atoms with Gasteiger partial charge in [0.05, 0.1) is 29.9 Å². The Morgan fingerprint density at radius 2 is 1.49 bits per heavy atom. The van der Waals surface area contributed by atoms with Crippen LogP contribution in [0.4, 0.5) is 0 Å². The second kappa shape index (κ2) is 22.3. The molecule has 4 fully saturated rings. The zero-order chi connectivity index (χ0) is 48.5. The van der Waals surface area contributed by atoms with Crippen LogP contribution in [0.25, 0.3) is 10.9 Å². The number of aromatic amines is 1. The molecular weight excluding hydrogens is 883 g/mol. The van der Waals surface area contributed by atoms with Gasteiger partial charge in [-0.25, -0.2) is 0 Å². The van der Waals surface area contributed by atoms with Gasteiger partial charge in [-0.2, -0.15) is 0 Å². The highest BCUT2D eigenvalue weighted by Gasteiger charge is 2.47. The van der Waals surface area contributed by atoms with Gasteiger partial charge in [0.25, 0.3) is 0 Å². The molecule has 6 aromatic rings. The Kier molecular flexibility index (Phi) is 15.4. The number of phenolic OH excluding ortho intramolecular Hbond substituents is 1. The molecule has 10 rings (SSSR count). The van der Waals surface area contributed by atoms with E-state index in [1.54, 1.807) is 12.1 Å². The molecule has 13 heteroatoms. The van der Waals surface area contributed by atoms with E-state index >= 15 is 0 Å². The zero-order valence-corrected chi connectivity index (χ0v) is 39.6. The number of amides is 2. The van der Waals surface area contributed by atoms with Crippen LogP contribution in [0.3, 0.4) is 0 Å². The van der Waals surface area contributed by atoms with Gasteiger partial charge in [-0.3, -0.25) is 24.1 Å². The quantitative estimate of drug-likeness (QED) is 0.0500. The number of aromatic hydroxyl groups is 1. The Morgan fingerprint density at radius 3 is 2.20 bits per heavy atom. The van der Waals surface area contributed by atoms with Gasteiger partial charge >= 0.3 is 5.97 Å². The molecule has 70 heavy (non-hydrogen) atoms. The van der Waals surface area contributed by atoms with Crippen LogP contribution < -0.4 is 15.6 Å². The van der Waals surface area contributed by atoms with Crippen LogP contribution in [0.2, 0.25) is 0 Å². The van der Waals surface area contributed by atoms with E-state index in [4.69, 9.17) is 9.47 Å². The minimum Gasteiger partial charge on any atom is -0.506 e. The number of aliphatic hydroxyl groups is 1. The third-order valence-corrected chi connectivity index (χ3v) is 14.5. The molecule has 4 aliphatic heterocycles. The SMILES string of the molecule is O=C(Cc1ccc(CC(=O)N(CCCNC[C@H](O)c2ccc(O)c3[nH]c(=O)ccc23)Cc2cccc(OCc3ccccc3)c2)cc1)N1CCC(C(=O)O[C@H]2CN3CCC2CC3)(c2ccccc2)CC1. The van der Waals surface area contributed by atoms with E-state index in [1.165, 1.54) is 12.1 Å². The number of phenols is 1. The number of pyridine rings is 1. The smallest absolute Gasteiger partial charge is 0.317 e. The number of nitrogens with zero attached hydrogens (tertiary/aromatic N) is 3. The number of H-pyrrole nitrogens is 1. The number of fused-ring (bicyclic) bond motifs is 4. The number of esters is 1. The third-order valence-electron chi connectivity index (χ3n) is 14.5. The number of rotatable bonds is 19. The Balaban J connectivity index is 0.807. The Hall–Kier alpha value is -6.80. The normalized spacial score (nSPS) is 18.8.